The molecule has 13 heavy (non-hydrogen) atoms. The Kier molecular flexibility index (Phi) is 2.28. The van der Waals surface area contributed by atoms with Crippen molar-refractivity contribution in [2.24, 2.45) is 11.8 Å². The zero-order chi connectivity index (χ0) is 9.42. The lowest BCUT2D eigenvalue weighted by Gasteiger charge is -2.27. The fourth-order valence-electron chi connectivity index (χ4n) is 2.73. The molecule has 3 nitrogen and oxygen atoms in total. The second-order valence-corrected chi connectivity index (χ2v) is 4.06. The monoisotopic (exact) mass is 183 g/mol. The van der Waals surface area contributed by atoms with Crippen LogP contribution in [0.4, 0.5) is 0 Å². The number of esters is 1. The van der Waals surface area contributed by atoms with Gasteiger partial charge in [-0.15, -0.1) is 0 Å². The molecule has 2 fully saturated rings. The lowest BCUT2D eigenvalue weighted by molar-refractivity contribution is -0.150. The van der Waals surface area contributed by atoms with Crippen LogP contribution in [-0.4, -0.2) is 36.6 Å². The van der Waals surface area contributed by atoms with Crippen molar-refractivity contribution < 1.29 is 9.53 Å². The third-order valence-corrected chi connectivity index (χ3v) is 3.42. The highest BCUT2D eigenvalue weighted by Crippen LogP contribution is 2.38. The van der Waals surface area contributed by atoms with Gasteiger partial charge in [0.2, 0.25) is 0 Å². The van der Waals surface area contributed by atoms with E-state index in [1.807, 2.05) is 6.92 Å². The maximum Gasteiger partial charge on any atom is 0.310 e. The number of hydrogen-bond donors (Lipinski definition) is 0. The van der Waals surface area contributed by atoms with Gasteiger partial charge in [-0.25, -0.2) is 0 Å². The van der Waals surface area contributed by atoms with Gasteiger partial charge in [0.05, 0.1) is 12.5 Å². The van der Waals surface area contributed by atoms with E-state index < -0.39 is 0 Å². The first kappa shape index (κ1) is 9.00. The van der Waals surface area contributed by atoms with E-state index in [4.69, 9.17) is 4.74 Å². The van der Waals surface area contributed by atoms with Crippen LogP contribution in [0, 0.1) is 11.8 Å². The van der Waals surface area contributed by atoms with Gasteiger partial charge >= 0.3 is 5.97 Å². The average molecular weight is 183 g/mol. The van der Waals surface area contributed by atoms with Crippen LogP contribution in [0.3, 0.4) is 0 Å². The summed E-state index contributed by atoms with van der Waals surface area (Å²) in [6, 6.07) is 0.401. The van der Waals surface area contributed by atoms with Crippen molar-refractivity contribution in [2.75, 3.05) is 19.7 Å². The Balaban J connectivity index is 2.03. The first-order valence-corrected chi connectivity index (χ1v) is 5.14. The molecular formula is C10H17NO2. The largest absolute Gasteiger partial charge is 0.466 e. The van der Waals surface area contributed by atoms with Gasteiger partial charge in [-0.05, 0) is 32.7 Å². The van der Waals surface area contributed by atoms with Crippen molar-refractivity contribution in [2.45, 2.75) is 26.3 Å². The maximum absolute atomic E-state index is 11.6. The molecule has 2 rings (SSSR count). The van der Waals surface area contributed by atoms with Crippen LogP contribution in [0.1, 0.15) is 20.3 Å². The van der Waals surface area contributed by atoms with Crippen molar-refractivity contribution >= 4 is 5.97 Å². The molecule has 3 heteroatoms. The van der Waals surface area contributed by atoms with Crippen molar-refractivity contribution in [1.82, 2.24) is 4.90 Å². The number of piperidine rings is 1. The molecule has 2 aliphatic rings. The third kappa shape index (κ3) is 1.35. The first-order chi connectivity index (χ1) is 6.24. The van der Waals surface area contributed by atoms with Crippen LogP contribution in [0.2, 0.25) is 0 Å². The van der Waals surface area contributed by atoms with Crippen LogP contribution < -0.4 is 0 Å². The Bertz CT molecular complexity index is 215. The normalized spacial score (nSPS) is 42.3. The quantitative estimate of drug-likeness (QED) is 0.595. The van der Waals surface area contributed by atoms with Crippen molar-refractivity contribution in [3.63, 3.8) is 0 Å². The minimum absolute atomic E-state index is 0.0159. The molecule has 4 atom stereocenters. The number of fused-ring (bicyclic) bond motifs is 2. The molecule has 0 aromatic carbocycles. The van der Waals surface area contributed by atoms with E-state index >= 15 is 0 Å². The topological polar surface area (TPSA) is 29.5 Å². The van der Waals surface area contributed by atoms with Crippen LogP contribution in [-0.2, 0) is 9.53 Å². The Morgan fingerprint density at radius 1 is 1.62 bits per heavy atom. The summed E-state index contributed by atoms with van der Waals surface area (Å²) in [6.07, 6.45) is 1.17. The smallest absolute Gasteiger partial charge is 0.310 e. The number of carbonyl (C=O) groups excluding carboxylic acids is 1. The lowest BCUT2D eigenvalue weighted by Crippen LogP contribution is -2.38. The summed E-state index contributed by atoms with van der Waals surface area (Å²) in [5.74, 6) is 0.727. The summed E-state index contributed by atoms with van der Waals surface area (Å²) in [6.45, 7) is 6.79. The summed E-state index contributed by atoms with van der Waals surface area (Å²) < 4.78 is 5.08. The predicted molar refractivity (Wildman–Crippen MR) is 49.3 cm³/mol. The molecule has 0 aliphatic carbocycles. The van der Waals surface area contributed by atoms with E-state index in [0.29, 0.717) is 18.6 Å². The Hall–Kier alpha value is -0.570. The molecule has 0 amide bonds. The van der Waals surface area contributed by atoms with Crippen molar-refractivity contribution in [3.8, 4) is 0 Å². The summed E-state index contributed by atoms with van der Waals surface area (Å²) in [5.41, 5.74) is 0. The molecule has 2 heterocycles. The number of rotatable bonds is 2. The maximum atomic E-state index is 11.6. The summed E-state index contributed by atoms with van der Waals surface area (Å²) in [5, 5.41) is 0. The molecule has 0 radical (unpaired) electrons. The summed E-state index contributed by atoms with van der Waals surface area (Å²) >= 11 is 0. The molecule has 2 aliphatic heterocycles. The molecule has 0 spiro atoms. The summed E-state index contributed by atoms with van der Waals surface area (Å²) in [7, 11) is 0. The predicted octanol–water partition coefficient (Wildman–Crippen LogP) is 0.890. The Morgan fingerprint density at radius 2 is 2.38 bits per heavy atom. The van der Waals surface area contributed by atoms with Gasteiger partial charge in [0, 0.05) is 12.6 Å². The van der Waals surface area contributed by atoms with Gasteiger partial charge in [-0.1, -0.05) is 0 Å². The van der Waals surface area contributed by atoms with Crippen LogP contribution in [0.5, 0.6) is 0 Å². The molecule has 0 aromatic heterocycles. The van der Waals surface area contributed by atoms with Gasteiger partial charge in [-0.2, -0.15) is 0 Å². The van der Waals surface area contributed by atoms with Gasteiger partial charge in [0.25, 0.3) is 0 Å². The SMILES string of the molecule is CCOC(=O)C1C2CCN(C2)C1C. The Morgan fingerprint density at radius 3 is 2.92 bits per heavy atom. The zero-order valence-electron chi connectivity index (χ0n) is 8.32. The highest BCUT2D eigenvalue weighted by atomic mass is 16.5. The molecule has 2 bridgehead atoms. The average Bonchev–Trinajstić information content (AvgIpc) is 2.63. The molecule has 0 aromatic rings. The van der Waals surface area contributed by atoms with Gasteiger partial charge in [0.15, 0.2) is 0 Å². The molecule has 0 saturated carbocycles. The molecule has 74 valence electrons. The number of nitrogens with zero attached hydrogens (tertiary/aromatic N) is 1. The number of ether oxygens (including phenoxy) is 1. The van der Waals surface area contributed by atoms with E-state index in [1.54, 1.807) is 0 Å². The van der Waals surface area contributed by atoms with Crippen molar-refractivity contribution in [1.29, 1.82) is 0 Å². The zero-order valence-corrected chi connectivity index (χ0v) is 8.32. The first-order valence-electron chi connectivity index (χ1n) is 5.14. The molecule has 2 saturated heterocycles. The van der Waals surface area contributed by atoms with Crippen LogP contribution in [0.25, 0.3) is 0 Å². The van der Waals surface area contributed by atoms with Crippen molar-refractivity contribution in [3.05, 3.63) is 0 Å². The van der Waals surface area contributed by atoms with Gasteiger partial charge < -0.3 is 4.74 Å². The Labute approximate surface area is 79.0 Å². The van der Waals surface area contributed by atoms with Crippen LogP contribution >= 0.6 is 0 Å². The standard InChI is InChI=1S/C10H17NO2/c1-3-13-10(12)9-7(2)11-5-4-8(9)6-11/h7-9H,3-6H2,1-2H3. The number of carbonyl (C=O) groups is 1. The van der Waals surface area contributed by atoms with E-state index in [0.717, 1.165) is 6.54 Å². The molecular weight excluding hydrogens is 166 g/mol. The minimum Gasteiger partial charge on any atom is -0.466 e. The highest BCUT2D eigenvalue weighted by Gasteiger charge is 2.47. The van der Waals surface area contributed by atoms with E-state index in [-0.39, 0.29) is 11.9 Å². The third-order valence-electron chi connectivity index (χ3n) is 3.42. The van der Waals surface area contributed by atoms with E-state index in [9.17, 15) is 4.79 Å². The minimum atomic E-state index is 0.0159. The fraction of sp³-hybridized carbons (Fsp3) is 0.900. The van der Waals surface area contributed by atoms with E-state index in [1.165, 1.54) is 13.0 Å². The second-order valence-electron chi connectivity index (χ2n) is 4.06. The number of hydrogen-bond acceptors (Lipinski definition) is 3. The second kappa shape index (κ2) is 3.29. The van der Waals surface area contributed by atoms with E-state index in [2.05, 4.69) is 11.8 Å². The summed E-state index contributed by atoms with van der Waals surface area (Å²) in [4.78, 5) is 14.0. The fourth-order valence-corrected chi connectivity index (χ4v) is 2.73. The molecule has 4 unspecified atom stereocenters. The van der Waals surface area contributed by atoms with Crippen LogP contribution in [0.15, 0.2) is 0 Å². The lowest BCUT2D eigenvalue weighted by atomic mass is 9.87. The van der Waals surface area contributed by atoms with Gasteiger partial charge in [0.1, 0.15) is 0 Å². The molecule has 0 N–H and O–H groups in total. The highest BCUT2D eigenvalue weighted by molar-refractivity contribution is 5.74. The van der Waals surface area contributed by atoms with Gasteiger partial charge in [-0.3, -0.25) is 9.69 Å².